The number of aryl methyl sites for hydroxylation is 1. The molecule has 0 radical (unpaired) electrons. The molecule has 104 valence electrons. The zero-order valence-electron chi connectivity index (χ0n) is 10.1. The van der Waals surface area contributed by atoms with Crippen molar-refractivity contribution in [2.75, 3.05) is 20.3 Å². The van der Waals surface area contributed by atoms with E-state index in [0.717, 1.165) is 0 Å². The molecule has 0 saturated heterocycles. The summed E-state index contributed by atoms with van der Waals surface area (Å²) in [6, 6.07) is 0. The van der Waals surface area contributed by atoms with E-state index in [1.54, 1.807) is 0 Å². The van der Waals surface area contributed by atoms with Crippen molar-refractivity contribution in [3.63, 3.8) is 0 Å². The zero-order valence-corrected chi connectivity index (χ0v) is 12.4. The van der Waals surface area contributed by atoms with E-state index in [1.165, 1.54) is 25.0 Å². The summed E-state index contributed by atoms with van der Waals surface area (Å²) in [5, 5.41) is 3.57. The molecule has 1 aromatic heterocycles. The molecule has 0 fully saturated rings. The molecule has 0 spiro atoms. The molecule has 0 aromatic carbocycles. The second-order valence-electron chi connectivity index (χ2n) is 3.66. The Morgan fingerprint density at radius 1 is 1.61 bits per heavy atom. The van der Waals surface area contributed by atoms with Gasteiger partial charge in [-0.05, 0) is 6.42 Å². The summed E-state index contributed by atoms with van der Waals surface area (Å²) < 4.78 is 32.4. The zero-order chi connectivity index (χ0) is 13.8. The summed E-state index contributed by atoms with van der Waals surface area (Å²) in [5.74, 6) is 0. The lowest BCUT2D eigenvalue weighted by Gasteiger charge is -2.10. The highest BCUT2D eigenvalue weighted by molar-refractivity contribution is 7.89. The Kier molecular flexibility index (Phi) is 5.87. The van der Waals surface area contributed by atoms with Crippen LogP contribution in [0.4, 0.5) is 0 Å². The number of hydrogen-bond donors (Lipinski definition) is 1. The van der Waals surface area contributed by atoms with Gasteiger partial charge in [0.1, 0.15) is 0 Å². The van der Waals surface area contributed by atoms with Crippen LogP contribution < -0.4 is 4.72 Å². The Bertz CT molecular complexity index is 470. The number of alkyl halides is 1. The van der Waals surface area contributed by atoms with E-state index < -0.39 is 10.0 Å². The molecule has 1 rings (SSSR count). The van der Waals surface area contributed by atoms with Crippen LogP contribution in [0.3, 0.4) is 0 Å². The third-order valence-electron chi connectivity index (χ3n) is 2.19. The van der Waals surface area contributed by atoms with Crippen LogP contribution in [0.1, 0.15) is 6.42 Å². The van der Waals surface area contributed by atoms with E-state index in [9.17, 15) is 8.42 Å². The molecule has 0 saturated carbocycles. The van der Waals surface area contributed by atoms with Gasteiger partial charge in [0.2, 0.25) is 0 Å². The molecule has 0 aliphatic carbocycles. The highest BCUT2D eigenvalue weighted by atomic mass is 35.5. The number of ether oxygens (including phenoxy) is 1. The van der Waals surface area contributed by atoms with Gasteiger partial charge < -0.3 is 4.74 Å². The van der Waals surface area contributed by atoms with Crippen molar-refractivity contribution in [1.82, 2.24) is 14.5 Å². The normalized spacial score (nSPS) is 13.8. The first-order chi connectivity index (χ1) is 8.38. The number of hydrogen-bond acceptors (Lipinski definition) is 4. The molecule has 1 unspecified atom stereocenters. The molecule has 9 heteroatoms. The lowest BCUT2D eigenvalue weighted by atomic mass is 10.3. The molecular weight excluding hydrogens is 301 g/mol. The fraction of sp³-hybridized carbons (Fsp3) is 0.667. The van der Waals surface area contributed by atoms with Crippen molar-refractivity contribution in [3.05, 3.63) is 11.2 Å². The molecule has 0 aliphatic heterocycles. The first-order valence-corrected chi connectivity index (χ1v) is 7.48. The van der Waals surface area contributed by atoms with Gasteiger partial charge in [-0.1, -0.05) is 11.6 Å². The van der Waals surface area contributed by atoms with Gasteiger partial charge in [0.25, 0.3) is 10.0 Å². The number of nitrogens with one attached hydrogen (secondary N) is 1. The van der Waals surface area contributed by atoms with Gasteiger partial charge in [0.05, 0.1) is 23.2 Å². The summed E-state index contributed by atoms with van der Waals surface area (Å²) >= 11 is 11.7. The summed E-state index contributed by atoms with van der Waals surface area (Å²) in [6.07, 6.45) is 1.75. The maximum Gasteiger partial charge on any atom is 0.259 e. The molecule has 1 heterocycles. The van der Waals surface area contributed by atoms with Gasteiger partial charge in [0.15, 0.2) is 5.03 Å². The van der Waals surface area contributed by atoms with Gasteiger partial charge in [-0.25, -0.2) is 13.1 Å². The quantitative estimate of drug-likeness (QED) is 0.762. The van der Waals surface area contributed by atoms with Crippen LogP contribution in [0.25, 0.3) is 0 Å². The fourth-order valence-electron chi connectivity index (χ4n) is 1.38. The van der Waals surface area contributed by atoms with Crippen molar-refractivity contribution in [1.29, 1.82) is 0 Å². The van der Waals surface area contributed by atoms with Crippen molar-refractivity contribution >= 4 is 33.2 Å². The predicted octanol–water partition coefficient (Wildman–Crippen LogP) is 0.996. The van der Waals surface area contributed by atoms with Crippen molar-refractivity contribution < 1.29 is 13.2 Å². The molecule has 6 nitrogen and oxygen atoms in total. The van der Waals surface area contributed by atoms with E-state index in [4.69, 9.17) is 27.9 Å². The van der Waals surface area contributed by atoms with Crippen LogP contribution in [0.2, 0.25) is 5.02 Å². The van der Waals surface area contributed by atoms with Crippen LogP contribution >= 0.6 is 23.2 Å². The second kappa shape index (κ2) is 6.72. The SMILES string of the molecule is COCC(Cl)CCNS(=O)(=O)c1c(Cl)cnn1C. The molecule has 1 N–H and O–H groups in total. The Hall–Kier alpha value is -0.340. The van der Waals surface area contributed by atoms with E-state index in [1.807, 2.05) is 0 Å². The topological polar surface area (TPSA) is 73.2 Å². The average molecular weight is 316 g/mol. The lowest BCUT2D eigenvalue weighted by molar-refractivity contribution is 0.196. The van der Waals surface area contributed by atoms with Gasteiger partial charge in [0, 0.05) is 20.7 Å². The second-order valence-corrected chi connectivity index (χ2v) is 6.37. The monoisotopic (exact) mass is 315 g/mol. The van der Waals surface area contributed by atoms with Crippen molar-refractivity contribution in [2.45, 2.75) is 16.8 Å². The Morgan fingerprint density at radius 3 is 2.78 bits per heavy atom. The van der Waals surface area contributed by atoms with Crippen molar-refractivity contribution in [3.8, 4) is 0 Å². The number of nitrogens with zero attached hydrogens (tertiary/aromatic N) is 2. The number of methoxy groups -OCH3 is 1. The molecule has 1 aromatic rings. The average Bonchev–Trinajstić information content (AvgIpc) is 2.59. The van der Waals surface area contributed by atoms with Crippen LogP contribution in [0.15, 0.2) is 11.2 Å². The molecule has 0 bridgehead atoms. The molecule has 0 aliphatic rings. The maximum absolute atomic E-state index is 11.9. The standard InChI is InChI=1S/C9H15Cl2N3O3S/c1-14-9(8(11)5-12-14)18(15,16)13-4-3-7(10)6-17-2/h5,7,13H,3-4,6H2,1-2H3. The van der Waals surface area contributed by atoms with E-state index in [-0.39, 0.29) is 22.0 Å². The van der Waals surface area contributed by atoms with Crippen LogP contribution in [0, 0.1) is 0 Å². The Balaban J connectivity index is 2.61. The van der Waals surface area contributed by atoms with Gasteiger partial charge in [-0.2, -0.15) is 5.10 Å². The number of aromatic nitrogens is 2. The minimum Gasteiger partial charge on any atom is -0.383 e. The van der Waals surface area contributed by atoms with E-state index >= 15 is 0 Å². The highest BCUT2D eigenvalue weighted by Crippen LogP contribution is 2.19. The number of halogens is 2. The van der Waals surface area contributed by atoms with Gasteiger partial charge in [-0.15, -0.1) is 11.6 Å². The van der Waals surface area contributed by atoms with Crippen LogP contribution in [-0.2, 0) is 21.8 Å². The van der Waals surface area contributed by atoms with Gasteiger partial charge in [-0.3, -0.25) is 4.68 Å². The lowest BCUT2D eigenvalue weighted by Crippen LogP contribution is -2.29. The van der Waals surface area contributed by atoms with Gasteiger partial charge >= 0.3 is 0 Å². The number of sulfonamides is 1. The summed E-state index contributed by atoms with van der Waals surface area (Å²) in [6.45, 7) is 0.580. The molecular formula is C9H15Cl2N3O3S. The van der Waals surface area contributed by atoms with Crippen LogP contribution in [-0.4, -0.2) is 43.8 Å². The first-order valence-electron chi connectivity index (χ1n) is 5.18. The van der Waals surface area contributed by atoms with E-state index in [2.05, 4.69) is 9.82 Å². The Labute approximate surface area is 116 Å². The predicted molar refractivity (Wildman–Crippen MR) is 69.5 cm³/mol. The van der Waals surface area contributed by atoms with E-state index in [0.29, 0.717) is 13.0 Å². The van der Waals surface area contributed by atoms with Crippen LogP contribution in [0.5, 0.6) is 0 Å². The minimum absolute atomic E-state index is 0.0537. The smallest absolute Gasteiger partial charge is 0.259 e. The first kappa shape index (κ1) is 15.7. The fourth-order valence-corrected chi connectivity index (χ4v) is 3.32. The Morgan fingerprint density at radius 2 is 2.28 bits per heavy atom. The summed E-state index contributed by atoms with van der Waals surface area (Å²) in [5.41, 5.74) is 0. The maximum atomic E-state index is 11.9. The molecule has 0 amide bonds. The van der Waals surface area contributed by atoms with Crippen molar-refractivity contribution in [2.24, 2.45) is 7.05 Å². The summed E-state index contributed by atoms with van der Waals surface area (Å²) in [4.78, 5) is 0. The highest BCUT2D eigenvalue weighted by Gasteiger charge is 2.22. The number of rotatable bonds is 7. The minimum atomic E-state index is -3.67. The third kappa shape index (κ3) is 4.10. The summed E-state index contributed by atoms with van der Waals surface area (Å²) in [7, 11) is -0.624. The largest absolute Gasteiger partial charge is 0.383 e. The third-order valence-corrected chi connectivity index (χ3v) is 4.50. The molecule has 18 heavy (non-hydrogen) atoms. The molecule has 1 atom stereocenters.